The molecule has 23 heavy (non-hydrogen) atoms. The molecule has 1 aromatic heterocycles. The van der Waals surface area contributed by atoms with Gasteiger partial charge in [-0.3, -0.25) is 10.1 Å². The fraction of sp³-hybridized carbons (Fsp3) is 0.500. The van der Waals surface area contributed by atoms with E-state index in [9.17, 15) is 10.1 Å². The minimum Gasteiger partial charge on any atom is -0.258 e. The number of nitrogens with zero attached hydrogens (tertiary/aromatic N) is 5. The highest BCUT2D eigenvalue weighted by Gasteiger charge is 2.20. The highest BCUT2D eigenvalue weighted by atomic mass is 79.9. The largest absolute Gasteiger partial charge is 0.270 e. The Bertz CT molecular complexity index is 702. The van der Waals surface area contributed by atoms with E-state index in [2.05, 4.69) is 31.5 Å². The summed E-state index contributed by atoms with van der Waals surface area (Å²) in [6, 6.07) is 5.35. The quantitative estimate of drug-likeness (QED) is 0.427. The molecule has 0 N–H and O–H groups in total. The van der Waals surface area contributed by atoms with Gasteiger partial charge in [-0.15, -0.1) is 5.10 Å². The lowest BCUT2D eigenvalue weighted by Gasteiger charge is -2.21. The van der Waals surface area contributed by atoms with E-state index in [0.717, 1.165) is 23.6 Å². The number of hydrogen-bond donors (Lipinski definition) is 0. The zero-order valence-electron chi connectivity index (χ0n) is 12.4. The van der Waals surface area contributed by atoms with E-state index < -0.39 is 0 Å². The third-order valence-electron chi connectivity index (χ3n) is 3.90. The van der Waals surface area contributed by atoms with Gasteiger partial charge in [0.15, 0.2) is 0 Å². The Kier molecular flexibility index (Phi) is 5.27. The Hall–Kier alpha value is -1.48. The second-order valence-electron chi connectivity index (χ2n) is 5.56. The zero-order chi connectivity index (χ0) is 16.2. The van der Waals surface area contributed by atoms with Crippen LogP contribution >= 0.6 is 27.7 Å². The first kappa shape index (κ1) is 16.4. The number of nitro groups is 1. The number of nitro benzene ring substituents is 1. The topological polar surface area (TPSA) is 86.7 Å². The van der Waals surface area contributed by atoms with Gasteiger partial charge in [-0.25, -0.2) is 4.68 Å². The molecule has 1 aliphatic rings. The molecule has 1 aromatic carbocycles. The number of hydrogen-bond acceptors (Lipinski definition) is 6. The molecule has 2 aromatic rings. The van der Waals surface area contributed by atoms with Crippen LogP contribution in [0.1, 0.15) is 43.7 Å². The van der Waals surface area contributed by atoms with E-state index in [1.165, 1.54) is 37.1 Å². The first-order valence-corrected chi connectivity index (χ1v) is 9.26. The number of non-ortho nitro benzene ring substituents is 1. The van der Waals surface area contributed by atoms with Crippen LogP contribution in [-0.4, -0.2) is 25.1 Å². The van der Waals surface area contributed by atoms with Gasteiger partial charge < -0.3 is 0 Å². The zero-order valence-corrected chi connectivity index (χ0v) is 14.8. The third kappa shape index (κ3) is 4.08. The maximum atomic E-state index is 10.9. The fourth-order valence-corrected chi connectivity index (χ4v) is 4.21. The van der Waals surface area contributed by atoms with Crippen molar-refractivity contribution in [3.63, 3.8) is 0 Å². The molecule has 122 valence electrons. The Morgan fingerprint density at radius 1 is 1.30 bits per heavy atom. The van der Waals surface area contributed by atoms with E-state index in [1.54, 1.807) is 6.07 Å². The molecule has 0 bridgehead atoms. The van der Waals surface area contributed by atoms with Crippen molar-refractivity contribution in [2.24, 2.45) is 0 Å². The summed E-state index contributed by atoms with van der Waals surface area (Å²) in [6.45, 7) is 0. The van der Waals surface area contributed by atoms with Gasteiger partial charge in [0, 0.05) is 22.4 Å². The van der Waals surface area contributed by atoms with Gasteiger partial charge >= 0.3 is 0 Å². The van der Waals surface area contributed by atoms with E-state index in [0.29, 0.717) is 16.3 Å². The monoisotopic (exact) mass is 397 g/mol. The Labute approximate surface area is 146 Å². The van der Waals surface area contributed by atoms with Gasteiger partial charge in [-0.05, 0) is 34.9 Å². The molecule has 0 spiro atoms. The average Bonchev–Trinajstić information content (AvgIpc) is 3.02. The number of halogens is 1. The lowest BCUT2D eigenvalue weighted by molar-refractivity contribution is -0.385. The van der Waals surface area contributed by atoms with Crippen molar-refractivity contribution in [3.8, 4) is 0 Å². The summed E-state index contributed by atoms with van der Waals surface area (Å²) in [5, 5.41) is 23.8. The second kappa shape index (κ2) is 7.39. The van der Waals surface area contributed by atoms with E-state index in [1.807, 2.05) is 10.7 Å². The lowest BCUT2D eigenvalue weighted by Crippen LogP contribution is -2.15. The molecule has 7 nitrogen and oxygen atoms in total. The molecule has 0 atom stereocenters. The van der Waals surface area contributed by atoms with Crippen molar-refractivity contribution in [3.05, 3.63) is 38.3 Å². The summed E-state index contributed by atoms with van der Waals surface area (Å²) in [5.41, 5.74) is 0.955. The smallest absolute Gasteiger partial charge is 0.258 e. The predicted molar refractivity (Wildman–Crippen MR) is 90.3 cm³/mol. The summed E-state index contributed by atoms with van der Waals surface area (Å²) in [4.78, 5) is 10.6. The van der Waals surface area contributed by atoms with Gasteiger partial charge in [0.1, 0.15) is 0 Å². The third-order valence-corrected chi connectivity index (χ3v) is 5.37. The fourth-order valence-electron chi connectivity index (χ4n) is 2.81. The predicted octanol–water partition coefficient (Wildman–Crippen LogP) is 4.14. The number of tetrazole rings is 1. The van der Waals surface area contributed by atoms with E-state index in [4.69, 9.17) is 0 Å². The van der Waals surface area contributed by atoms with Crippen LogP contribution in [-0.2, 0) is 5.75 Å². The number of benzene rings is 1. The molecule has 1 fully saturated rings. The first-order valence-electron chi connectivity index (χ1n) is 7.48. The van der Waals surface area contributed by atoms with Crippen LogP contribution in [0.2, 0.25) is 0 Å². The van der Waals surface area contributed by atoms with E-state index in [-0.39, 0.29) is 10.6 Å². The van der Waals surface area contributed by atoms with Crippen molar-refractivity contribution < 1.29 is 4.92 Å². The molecule has 0 saturated heterocycles. The molecule has 1 aliphatic carbocycles. The molecular weight excluding hydrogens is 382 g/mol. The number of aromatic nitrogens is 4. The van der Waals surface area contributed by atoms with Crippen LogP contribution in [0, 0.1) is 10.1 Å². The van der Waals surface area contributed by atoms with Gasteiger partial charge in [-0.1, -0.05) is 47.0 Å². The Balaban J connectivity index is 1.71. The molecule has 0 aliphatic heterocycles. The van der Waals surface area contributed by atoms with Crippen LogP contribution < -0.4 is 0 Å². The normalized spacial score (nSPS) is 15.7. The molecule has 0 unspecified atom stereocenters. The molecule has 3 rings (SSSR count). The summed E-state index contributed by atoms with van der Waals surface area (Å²) < 4.78 is 2.62. The highest BCUT2D eigenvalue weighted by Crippen LogP contribution is 2.32. The van der Waals surface area contributed by atoms with Crippen LogP contribution in [0.4, 0.5) is 5.69 Å². The number of thioether (sulfide) groups is 1. The molecular formula is C14H16BrN5O2S. The number of rotatable bonds is 5. The van der Waals surface area contributed by atoms with Crippen molar-refractivity contribution >= 4 is 33.4 Å². The SMILES string of the molecule is O=[N+]([O-])c1cc(Br)cc(CSc2nnnn2C2CCCCC2)c1. The summed E-state index contributed by atoms with van der Waals surface area (Å²) in [5.74, 6) is 0.591. The van der Waals surface area contributed by atoms with Crippen molar-refractivity contribution in [1.29, 1.82) is 0 Å². The van der Waals surface area contributed by atoms with Gasteiger partial charge in [0.05, 0.1) is 11.0 Å². The second-order valence-corrected chi connectivity index (χ2v) is 7.42. The highest BCUT2D eigenvalue weighted by molar-refractivity contribution is 9.10. The van der Waals surface area contributed by atoms with Crippen molar-refractivity contribution in [2.75, 3.05) is 0 Å². The van der Waals surface area contributed by atoms with Crippen LogP contribution in [0.25, 0.3) is 0 Å². The van der Waals surface area contributed by atoms with Crippen LogP contribution in [0.15, 0.2) is 27.8 Å². The first-order chi connectivity index (χ1) is 11.1. The van der Waals surface area contributed by atoms with E-state index >= 15 is 0 Å². The van der Waals surface area contributed by atoms with Crippen LogP contribution in [0.5, 0.6) is 0 Å². The Morgan fingerprint density at radius 3 is 2.83 bits per heavy atom. The lowest BCUT2D eigenvalue weighted by atomic mass is 9.96. The summed E-state index contributed by atoms with van der Waals surface area (Å²) >= 11 is 4.83. The maximum absolute atomic E-state index is 10.9. The summed E-state index contributed by atoms with van der Waals surface area (Å²) in [6.07, 6.45) is 5.93. The average molecular weight is 398 g/mol. The maximum Gasteiger partial charge on any atom is 0.270 e. The van der Waals surface area contributed by atoms with Gasteiger partial charge in [0.25, 0.3) is 5.69 Å². The van der Waals surface area contributed by atoms with Crippen molar-refractivity contribution in [1.82, 2.24) is 20.2 Å². The van der Waals surface area contributed by atoms with Crippen LogP contribution in [0.3, 0.4) is 0 Å². The minimum atomic E-state index is -0.384. The Morgan fingerprint density at radius 2 is 2.09 bits per heavy atom. The van der Waals surface area contributed by atoms with Crippen molar-refractivity contribution in [2.45, 2.75) is 49.1 Å². The molecule has 1 saturated carbocycles. The molecule has 0 radical (unpaired) electrons. The molecule has 1 heterocycles. The standard InChI is InChI=1S/C14H16BrN5O2S/c15-11-6-10(7-13(8-11)20(21)22)9-23-14-16-17-18-19(14)12-4-2-1-3-5-12/h6-8,12H,1-5,9H2. The molecule has 9 heteroatoms. The minimum absolute atomic E-state index is 0.0850. The summed E-state index contributed by atoms with van der Waals surface area (Å²) in [7, 11) is 0. The molecule has 0 amide bonds. The van der Waals surface area contributed by atoms with Gasteiger partial charge in [0.2, 0.25) is 5.16 Å². The van der Waals surface area contributed by atoms with Gasteiger partial charge in [-0.2, -0.15) is 0 Å².